The van der Waals surface area contributed by atoms with Crippen LogP contribution >= 0.6 is 0 Å². The van der Waals surface area contributed by atoms with Gasteiger partial charge in [-0.2, -0.15) is 9.78 Å². The molecule has 6 heteroatoms. The lowest BCUT2D eigenvalue weighted by Gasteiger charge is -2.38. The third-order valence-corrected chi connectivity index (χ3v) is 5.47. The zero-order valence-corrected chi connectivity index (χ0v) is 16.5. The molecule has 146 valence electrons. The first-order valence-electron chi connectivity index (χ1n) is 9.82. The predicted octanol–water partition coefficient (Wildman–Crippen LogP) is 2.85. The summed E-state index contributed by atoms with van der Waals surface area (Å²) in [6, 6.07) is 16.6. The fourth-order valence-electron chi connectivity index (χ4n) is 4.03. The standard InChI is InChI=1S/C22H27N5O/c1-25(2)26(15-13-17-8-4-3-5-9-17)18-11-12-20-19(16-18)22(28)27(24-20)21-10-6-7-14-23-21/h3-10,14,18,28H,11-13,15-16H2,1-2H3. The van der Waals surface area contributed by atoms with Crippen LogP contribution in [0.25, 0.3) is 5.82 Å². The van der Waals surface area contributed by atoms with Crippen molar-refractivity contribution >= 4 is 0 Å². The summed E-state index contributed by atoms with van der Waals surface area (Å²) in [6.45, 7) is 0.951. The summed E-state index contributed by atoms with van der Waals surface area (Å²) in [5.74, 6) is 0.875. The van der Waals surface area contributed by atoms with E-state index in [0.717, 1.165) is 43.5 Å². The number of benzene rings is 1. The van der Waals surface area contributed by atoms with Crippen LogP contribution in [-0.4, -0.2) is 56.6 Å². The predicted molar refractivity (Wildman–Crippen MR) is 109 cm³/mol. The summed E-state index contributed by atoms with van der Waals surface area (Å²) in [5, 5.41) is 20.0. The Morgan fingerprint density at radius 3 is 2.61 bits per heavy atom. The lowest BCUT2D eigenvalue weighted by atomic mass is 9.92. The van der Waals surface area contributed by atoms with Gasteiger partial charge in [0.15, 0.2) is 5.82 Å². The van der Waals surface area contributed by atoms with E-state index in [1.165, 1.54) is 5.56 Å². The molecule has 0 radical (unpaired) electrons. The first kappa shape index (κ1) is 18.7. The van der Waals surface area contributed by atoms with Gasteiger partial charge in [0, 0.05) is 38.4 Å². The van der Waals surface area contributed by atoms with Gasteiger partial charge in [0.2, 0.25) is 5.88 Å². The number of fused-ring (bicyclic) bond motifs is 1. The third kappa shape index (κ3) is 3.79. The van der Waals surface area contributed by atoms with E-state index in [4.69, 9.17) is 0 Å². The number of hydrogen-bond acceptors (Lipinski definition) is 5. The number of hydrogen-bond donors (Lipinski definition) is 1. The summed E-state index contributed by atoms with van der Waals surface area (Å²) in [4.78, 5) is 4.32. The van der Waals surface area contributed by atoms with Crippen molar-refractivity contribution in [1.29, 1.82) is 0 Å². The van der Waals surface area contributed by atoms with Crippen LogP contribution in [0.5, 0.6) is 5.88 Å². The molecule has 1 aliphatic rings. The van der Waals surface area contributed by atoms with E-state index in [1.54, 1.807) is 10.9 Å². The Bertz CT molecular complexity index is 907. The highest BCUT2D eigenvalue weighted by molar-refractivity contribution is 5.39. The Kier molecular flexibility index (Phi) is 5.41. The first-order valence-corrected chi connectivity index (χ1v) is 9.82. The van der Waals surface area contributed by atoms with Gasteiger partial charge >= 0.3 is 0 Å². The highest BCUT2D eigenvalue weighted by Gasteiger charge is 2.31. The summed E-state index contributed by atoms with van der Waals surface area (Å²) in [6.07, 6.45) is 5.40. The van der Waals surface area contributed by atoms with Crippen LogP contribution < -0.4 is 0 Å². The highest BCUT2D eigenvalue weighted by atomic mass is 16.3. The van der Waals surface area contributed by atoms with Gasteiger partial charge in [-0.15, -0.1) is 0 Å². The topological polar surface area (TPSA) is 57.4 Å². The van der Waals surface area contributed by atoms with Gasteiger partial charge in [-0.1, -0.05) is 36.4 Å². The van der Waals surface area contributed by atoms with Crippen molar-refractivity contribution in [3.05, 3.63) is 71.5 Å². The summed E-state index contributed by atoms with van der Waals surface area (Å²) in [7, 11) is 4.19. The van der Waals surface area contributed by atoms with Gasteiger partial charge in [0.05, 0.1) is 5.69 Å². The van der Waals surface area contributed by atoms with Crippen molar-refractivity contribution < 1.29 is 5.11 Å². The van der Waals surface area contributed by atoms with Gasteiger partial charge in [-0.25, -0.2) is 15.0 Å². The zero-order chi connectivity index (χ0) is 19.5. The number of aromatic hydroxyl groups is 1. The molecule has 3 aromatic rings. The molecule has 0 spiro atoms. The smallest absolute Gasteiger partial charge is 0.219 e. The molecule has 1 N–H and O–H groups in total. The second-order valence-electron chi connectivity index (χ2n) is 7.49. The second-order valence-corrected chi connectivity index (χ2v) is 7.49. The molecule has 1 unspecified atom stereocenters. The molecule has 2 heterocycles. The van der Waals surface area contributed by atoms with Crippen LogP contribution in [0.1, 0.15) is 23.2 Å². The van der Waals surface area contributed by atoms with Gasteiger partial charge in [-0.05, 0) is 43.4 Å². The number of rotatable bonds is 6. The number of nitrogens with zero attached hydrogens (tertiary/aromatic N) is 5. The monoisotopic (exact) mass is 377 g/mol. The lowest BCUT2D eigenvalue weighted by Crippen LogP contribution is -2.48. The molecule has 1 aliphatic carbocycles. The molecular formula is C22H27N5O. The number of pyridine rings is 1. The average molecular weight is 377 g/mol. The van der Waals surface area contributed by atoms with Crippen molar-refractivity contribution in [1.82, 2.24) is 24.8 Å². The molecule has 28 heavy (non-hydrogen) atoms. The fraction of sp³-hybridized carbons (Fsp3) is 0.364. The molecule has 6 nitrogen and oxygen atoms in total. The highest BCUT2D eigenvalue weighted by Crippen LogP contribution is 2.32. The van der Waals surface area contributed by atoms with E-state index in [1.807, 2.05) is 18.2 Å². The Hall–Kier alpha value is -2.70. The molecule has 0 aliphatic heterocycles. The second kappa shape index (κ2) is 8.12. The minimum absolute atomic E-state index is 0.222. The summed E-state index contributed by atoms with van der Waals surface area (Å²) >= 11 is 0. The normalized spacial score (nSPS) is 16.5. The van der Waals surface area contributed by atoms with Crippen molar-refractivity contribution in [3.8, 4) is 11.7 Å². The zero-order valence-electron chi connectivity index (χ0n) is 16.5. The maximum atomic E-state index is 10.8. The van der Waals surface area contributed by atoms with Gasteiger partial charge in [-0.3, -0.25) is 0 Å². The van der Waals surface area contributed by atoms with Gasteiger partial charge < -0.3 is 5.11 Å². The van der Waals surface area contributed by atoms with Gasteiger partial charge in [0.25, 0.3) is 0 Å². The van der Waals surface area contributed by atoms with Crippen LogP contribution in [0.4, 0.5) is 0 Å². The molecule has 4 rings (SSSR count). The summed E-state index contributed by atoms with van der Waals surface area (Å²) < 4.78 is 1.57. The fourth-order valence-corrected chi connectivity index (χ4v) is 4.03. The maximum Gasteiger partial charge on any atom is 0.219 e. The number of aryl methyl sites for hydroxylation is 1. The van der Waals surface area contributed by atoms with E-state index in [9.17, 15) is 5.11 Å². The van der Waals surface area contributed by atoms with E-state index >= 15 is 0 Å². The van der Waals surface area contributed by atoms with Crippen LogP contribution in [0, 0.1) is 0 Å². The Labute approximate surface area is 166 Å². The van der Waals surface area contributed by atoms with E-state index < -0.39 is 0 Å². The van der Waals surface area contributed by atoms with Crippen molar-refractivity contribution in [2.45, 2.75) is 31.7 Å². The van der Waals surface area contributed by atoms with E-state index in [2.05, 4.69) is 64.5 Å². The van der Waals surface area contributed by atoms with Crippen molar-refractivity contribution in [3.63, 3.8) is 0 Å². The van der Waals surface area contributed by atoms with Crippen LogP contribution in [-0.2, 0) is 19.3 Å². The molecule has 1 aromatic carbocycles. The summed E-state index contributed by atoms with van der Waals surface area (Å²) in [5.41, 5.74) is 3.28. The van der Waals surface area contributed by atoms with Crippen LogP contribution in [0.15, 0.2) is 54.7 Å². The average Bonchev–Trinajstić information content (AvgIpc) is 3.06. The minimum Gasteiger partial charge on any atom is -0.493 e. The number of hydrazine groups is 1. The van der Waals surface area contributed by atoms with Crippen molar-refractivity contribution in [2.75, 3.05) is 20.6 Å². The Morgan fingerprint density at radius 2 is 1.89 bits per heavy atom. The van der Waals surface area contributed by atoms with Crippen LogP contribution in [0.3, 0.4) is 0 Å². The van der Waals surface area contributed by atoms with E-state index in [0.29, 0.717) is 11.9 Å². The van der Waals surface area contributed by atoms with E-state index in [-0.39, 0.29) is 5.88 Å². The molecule has 0 saturated carbocycles. The Balaban J connectivity index is 1.52. The number of aromatic nitrogens is 3. The third-order valence-electron chi connectivity index (χ3n) is 5.47. The first-order chi connectivity index (χ1) is 13.6. The SMILES string of the molecule is CN(C)N(CCc1ccccc1)C1CCc2nn(-c3ccccn3)c(O)c2C1. The van der Waals surface area contributed by atoms with Crippen molar-refractivity contribution in [2.24, 2.45) is 0 Å². The molecule has 1 atom stereocenters. The lowest BCUT2D eigenvalue weighted by molar-refractivity contribution is -0.0226. The van der Waals surface area contributed by atoms with Gasteiger partial charge in [0.1, 0.15) is 0 Å². The quantitative estimate of drug-likeness (QED) is 0.670. The molecule has 0 saturated heterocycles. The molecule has 0 fully saturated rings. The molecule has 0 amide bonds. The molecule has 2 aromatic heterocycles. The molecule has 0 bridgehead atoms. The molecular weight excluding hydrogens is 350 g/mol. The Morgan fingerprint density at radius 1 is 1.11 bits per heavy atom. The largest absolute Gasteiger partial charge is 0.493 e. The minimum atomic E-state index is 0.222. The van der Waals surface area contributed by atoms with Crippen LogP contribution in [0.2, 0.25) is 0 Å². The maximum absolute atomic E-state index is 10.8.